The van der Waals surface area contributed by atoms with Crippen molar-refractivity contribution in [2.24, 2.45) is 0 Å². The van der Waals surface area contributed by atoms with E-state index < -0.39 is 12.1 Å². The van der Waals surface area contributed by atoms with Gasteiger partial charge in [-0.15, -0.1) is 0 Å². The summed E-state index contributed by atoms with van der Waals surface area (Å²) >= 11 is 0. The maximum atomic E-state index is 8.69. The third-order valence-corrected chi connectivity index (χ3v) is 1.33. The molecular formula is C7H16O4. The predicted octanol–water partition coefficient (Wildman–Crippen LogP) is -0.178. The summed E-state index contributed by atoms with van der Waals surface area (Å²) < 4.78 is 4.95. The predicted molar refractivity (Wildman–Crippen MR) is 39.7 cm³/mol. The molecule has 0 aliphatic carbocycles. The Hall–Kier alpha value is -0.160. The van der Waals surface area contributed by atoms with Gasteiger partial charge in [-0.2, -0.15) is 0 Å². The molecule has 4 heteroatoms. The molecule has 0 heterocycles. The Labute approximate surface area is 66.4 Å². The van der Waals surface area contributed by atoms with E-state index in [1.807, 2.05) is 6.92 Å². The topological polar surface area (TPSA) is 69.9 Å². The smallest absolute Gasteiger partial charge is 0.303 e. The fourth-order valence-electron chi connectivity index (χ4n) is 0.764. The van der Waals surface area contributed by atoms with Gasteiger partial charge in [-0.3, -0.25) is 0 Å². The van der Waals surface area contributed by atoms with E-state index in [0.29, 0.717) is 13.0 Å². The molecule has 0 fully saturated rings. The lowest BCUT2D eigenvalue weighted by molar-refractivity contribution is -0.361. The third-order valence-electron chi connectivity index (χ3n) is 1.33. The zero-order valence-electron chi connectivity index (χ0n) is 6.95. The highest BCUT2D eigenvalue weighted by molar-refractivity contribution is 4.62. The molecule has 1 unspecified atom stereocenters. The second-order valence-corrected chi connectivity index (χ2v) is 2.45. The van der Waals surface area contributed by atoms with Crippen LogP contribution < -0.4 is 0 Å². The van der Waals surface area contributed by atoms with E-state index in [1.165, 1.54) is 0 Å². The molecule has 0 saturated carbocycles. The van der Waals surface area contributed by atoms with E-state index in [0.717, 1.165) is 6.42 Å². The summed E-state index contributed by atoms with van der Waals surface area (Å²) in [4.78, 5) is 0. The molecule has 0 aromatic carbocycles. The van der Waals surface area contributed by atoms with Crippen molar-refractivity contribution in [1.82, 2.24) is 0 Å². The number of aliphatic hydroxyl groups is 3. The van der Waals surface area contributed by atoms with Crippen LogP contribution >= 0.6 is 0 Å². The highest BCUT2D eigenvalue weighted by Gasteiger charge is 2.31. The van der Waals surface area contributed by atoms with Crippen molar-refractivity contribution in [2.45, 2.75) is 38.8 Å². The van der Waals surface area contributed by atoms with Crippen LogP contribution in [0.25, 0.3) is 0 Å². The third kappa shape index (κ3) is 4.31. The van der Waals surface area contributed by atoms with Gasteiger partial charge >= 0.3 is 5.97 Å². The lowest BCUT2D eigenvalue weighted by atomic mass is 10.2. The lowest BCUT2D eigenvalue weighted by Gasteiger charge is -2.24. The summed E-state index contributed by atoms with van der Waals surface area (Å²) in [6, 6.07) is 0. The van der Waals surface area contributed by atoms with E-state index in [4.69, 9.17) is 20.1 Å². The van der Waals surface area contributed by atoms with Gasteiger partial charge < -0.3 is 20.1 Å². The highest BCUT2D eigenvalue weighted by Crippen LogP contribution is 2.10. The summed E-state index contributed by atoms with van der Waals surface area (Å²) in [5.41, 5.74) is 0. The fourth-order valence-corrected chi connectivity index (χ4v) is 0.764. The largest absolute Gasteiger partial charge is 0.370 e. The monoisotopic (exact) mass is 164 g/mol. The molecule has 0 spiro atoms. The van der Waals surface area contributed by atoms with Crippen molar-refractivity contribution in [3.63, 3.8) is 0 Å². The molecule has 4 nitrogen and oxygen atoms in total. The number of rotatable bonds is 5. The van der Waals surface area contributed by atoms with E-state index >= 15 is 0 Å². The molecule has 0 aromatic rings. The number of hydrogen-bond donors (Lipinski definition) is 3. The van der Waals surface area contributed by atoms with Crippen molar-refractivity contribution in [3.8, 4) is 0 Å². The first-order valence-corrected chi connectivity index (χ1v) is 3.81. The quantitative estimate of drug-likeness (QED) is 0.493. The first-order valence-electron chi connectivity index (χ1n) is 3.81. The van der Waals surface area contributed by atoms with Crippen LogP contribution in [-0.4, -0.2) is 34.0 Å². The molecule has 0 amide bonds. The molecule has 0 bridgehead atoms. The van der Waals surface area contributed by atoms with Gasteiger partial charge in [0.05, 0.1) is 0 Å². The van der Waals surface area contributed by atoms with Crippen molar-refractivity contribution < 1.29 is 20.1 Å². The molecule has 0 aliphatic heterocycles. The van der Waals surface area contributed by atoms with E-state index in [1.54, 1.807) is 6.92 Å². The summed E-state index contributed by atoms with van der Waals surface area (Å²) in [7, 11) is 0. The Morgan fingerprint density at radius 3 is 2.09 bits per heavy atom. The zero-order chi connectivity index (χ0) is 8.91. The molecule has 0 rings (SSSR count). The van der Waals surface area contributed by atoms with Gasteiger partial charge in [0.1, 0.15) is 6.10 Å². The fraction of sp³-hybridized carbons (Fsp3) is 1.00. The van der Waals surface area contributed by atoms with Crippen LogP contribution in [-0.2, 0) is 4.74 Å². The van der Waals surface area contributed by atoms with Gasteiger partial charge in [-0.25, -0.2) is 0 Å². The maximum absolute atomic E-state index is 8.69. The minimum Gasteiger partial charge on any atom is -0.370 e. The maximum Gasteiger partial charge on any atom is 0.303 e. The summed E-state index contributed by atoms with van der Waals surface area (Å²) in [5, 5.41) is 26.1. The van der Waals surface area contributed by atoms with Crippen LogP contribution in [0, 0.1) is 0 Å². The molecule has 0 aromatic heterocycles. The van der Waals surface area contributed by atoms with Gasteiger partial charge in [0.25, 0.3) is 0 Å². The standard InChI is InChI=1S/C7H16O4/c1-3-5-11-6(4-2)7(8,9)10/h6,8-10H,3-5H2,1-2H3. The Balaban J connectivity index is 3.76. The Morgan fingerprint density at radius 2 is 1.82 bits per heavy atom. The average Bonchev–Trinajstić information content (AvgIpc) is 1.87. The van der Waals surface area contributed by atoms with Crippen molar-refractivity contribution >= 4 is 0 Å². The molecule has 3 N–H and O–H groups in total. The van der Waals surface area contributed by atoms with E-state index in [9.17, 15) is 0 Å². The minimum absolute atomic E-state index is 0.365. The van der Waals surface area contributed by atoms with Crippen LogP contribution in [0.3, 0.4) is 0 Å². The molecule has 0 radical (unpaired) electrons. The summed E-state index contributed by atoms with van der Waals surface area (Å²) in [6.45, 7) is 4.03. The van der Waals surface area contributed by atoms with E-state index in [-0.39, 0.29) is 0 Å². The molecule has 0 saturated heterocycles. The van der Waals surface area contributed by atoms with Crippen LogP contribution in [0.15, 0.2) is 0 Å². The van der Waals surface area contributed by atoms with Gasteiger partial charge in [0, 0.05) is 6.61 Å². The van der Waals surface area contributed by atoms with Crippen molar-refractivity contribution in [3.05, 3.63) is 0 Å². The summed E-state index contributed by atoms with van der Waals surface area (Å²) in [5.74, 6) is -2.70. The van der Waals surface area contributed by atoms with Gasteiger partial charge in [-0.1, -0.05) is 13.8 Å². The first-order chi connectivity index (χ1) is 5.02. The first kappa shape index (κ1) is 10.8. The Morgan fingerprint density at radius 1 is 1.27 bits per heavy atom. The number of hydrogen-bond acceptors (Lipinski definition) is 4. The molecule has 68 valence electrons. The van der Waals surface area contributed by atoms with Crippen LogP contribution in [0.4, 0.5) is 0 Å². The molecular weight excluding hydrogens is 148 g/mol. The van der Waals surface area contributed by atoms with Gasteiger partial charge in [0.15, 0.2) is 0 Å². The number of ether oxygens (including phenoxy) is 1. The summed E-state index contributed by atoms with van der Waals surface area (Å²) in [6.07, 6.45) is 0.234. The normalized spacial score (nSPS) is 15.0. The van der Waals surface area contributed by atoms with Crippen LogP contribution in [0.1, 0.15) is 26.7 Å². The average molecular weight is 164 g/mol. The van der Waals surface area contributed by atoms with Crippen molar-refractivity contribution in [2.75, 3.05) is 6.61 Å². The lowest BCUT2D eigenvalue weighted by Crippen LogP contribution is -2.43. The minimum atomic E-state index is -2.70. The highest BCUT2D eigenvalue weighted by atomic mass is 16.7. The van der Waals surface area contributed by atoms with Gasteiger partial charge in [-0.05, 0) is 12.8 Å². The van der Waals surface area contributed by atoms with Gasteiger partial charge in [0.2, 0.25) is 0 Å². The van der Waals surface area contributed by atoms with Crippen LogP contribution in [0.2, 0.25) is 0 Å². The second kappa shape index (κ2) is 4.66. The van der Waals surface area contributed by atoms with Crippen molar-refractivity contribution in [1.29, 1.82) is 0 Å². The zero-order valence-corrected chi connectivity index (χ0v) is 6.95. The molecule has 1 atom stereocenters. The molecule has 0 aliphatic rings. The SMILES string of the molecule is CCCOC(CC)C(O)(O)O. The van der Waals surface area contributed by atoms with Crippen LogP contribution in [0.5, 0.6) is 0 Å². The Bertz CT molecular complexity index is 97.1. The Kier molecular flexibility index (Phi) is 4.60. The second-order valence-electron chi connectivity index (χ2n) is 2.45. The van der Waals surface area contributed by atoms with E-state index in [2.05, 4.69) is 0 Å². The molecule has 11 heavy (non-hydrogen) atoms.